The summed E-state index contributed by atoms with van der Waals surface area (Å²) in [6, 6.07) is 6.25. The third kappa shape index (κ3) is 9.15. The highest BCUT2D eigenvalue weighted by Crippen LogP contribution is 2.25. The van der Waals surface area contributed by atoms with Gasteiger partial charge in [-0.2, -0.15) is 0 Å². The number of cyclic esters (lactones) is 1. The average Bonchev–Trinajstić information content (AvgIpc) is 2.99. The van der Waals surface area contributed by atoms with Crippen molar-refractivity contribution in [1.82, 2.24) is 26.1 Å². The SMILES string of the molecule is CC1OC(=O)C2CCCN(N2)C(=O)C(CC(=O)OC(C)(C)C)NC(=O)C(C(C)C)NC(=O)C(C)(C)C=Cc2ccc3ccc1nc3c2. The Balaban J connectivity index is 1.73. The van der Waals surface area contributed by atoms with Crippen molar-refractivity contribution in [1.29, 1.82) is 0 Å². The first-order valence-electron chi connectivity index (χ1n) is 16.1. The number of pyridine rings is 1. The molecule has 3 heterocycles. The third-order valence-electron chi connectivity index (χ3n) is 8.10. The van der Waals surface area contributed by atoms with Crippen molar-refractivity contribution in [3.63, 3.8) is 0 Å². The summed E-state index contributed by atoms with van der Waals surface area (Å²) in [4.78, 5) is 72.1. The molecule has 2 aliphatic rings. The first kappa shape index (κ1) is 35.5. The Morgan fingerprint density at radius 1 is 1.11 bits per heavy atom. The lowest BCUT2D eigenvalue weighted by molar-refractivity contribution is -0.161. The van der Waals surface area contributed by atoms with E-state index in [0.29, 0.717) is 24.1 Å². The van der Waals surface area contributed by atoms with Gasteiger partial charge in [-0.1, -0.05) is 44.2 Å². The molecule has 2 aliphatic heterocycles. The highest BCUT2D eigenvalue weighted by atomic mass is 16.6. The van der Waals surface area contributed by atoms with E-state index in [4.69, 9.17) is 14.5 Å². The van der Waals surface area contributed by atoms with Crippen molar-refractivity contribution in [2.75, 3.05) is 6.54 Å². The Labute approximate surface area is 276 Å². The Hall–Kier alpha value is -4.32. The number of ether oxygens (including phenoxy) is 2. The Bertz CT molecular complexity index is 1560. The number of hydrazine groups is 1. The topological polar surface area (TPSA) is 156 Å². The molecule has 0 saturated carbocycles. The highest BCUT2D eigenvalue weighted by molar-refractivity contribution is 5.95. The maximum Gasteiger partial charge on any atom is 0.325 e. The quantitative estimate of drug-likeness (QED) is 0.422. The molecular weight excluding hydrogens is 602 g/mol. The summed E-state index contributed by atoms with van der Waals surface area (Å²) in [5.41, 5.74) is 3.17. The van der Waals surface area contributed by atoms with Gasteiger partial charge in [0.15, 0.2) is 0 Å². The van der Waals surface area contributed by atoms with E-state index < -0.39 is 71.3 Å². The van der Waals surface area contributed by atoms with Gasteiger partial charge in [0.2, 0.25) is 11.8 Å². The number of carbonyl (C=O) groups is 5. The predicted molar refractivity (Wildman–Crippen MR) is 176 cm³/mol. The fourth-order valence-corrected chi connectivity index (χ4v) is 5.35. The van der Waals surface area contributed by atoms with Crippen LogP contribution in [0, 0.1) is 11.3 Å². The van der Waals surface area contributed by atoms with Crippen molar-refractivity contribution >= 4 is 46.6 Å². The number of fused-ring (bicyclic) bond motifs is 4. The van der Waals surface area contributed by atoms with E-state index in [2.05, 4.69) is 16.1 Å². The number of nitrogens with one attached hydrogen (secondary N) is 3. The molecule has 47 heavy (non-hydrogen) atoms. The van der Waals surface area contributed by atoms with Crippen LogP contribution in [0.25, 0.3) is 17.0 Å². The Kier molecular flexibility index (Phi) is 10.7. The first-order valence-corrected chi connectivity index (χ1v) is 16.1. The van der Waals surface area contributed by atoms with Gasteiger partial charge >= 0.3 is 11.9 Å². The molecule has 0 aliphatic carbocycles. The number of benzene rings is 1. The minimum atomic E-state index is -1.33. The highest BCUT2D eigenvalue weighted by Gasteiger charge is 2.38. The van der Waals surface area contributed by atoms with Crippen LogP contribution in [0.15, 0.2) is 36.4 Å². The second-order valence-corrected chi connectivity index (χ2v) is 14.2. The number of amides is 3. The van der Waals surface area contributed by atoms with Gasteiger partial charge in [-0.25, -0.2) is 10.4 Å². The van der Waals surface area contributed by atoms with Crippen LogP contribution < -0.4 is 16.1 Å². The molecule has 5 bridgehead atoms. The molecule has 0 spiro atoms. The van der Waals surface area contributed by atoms with Crippen molar-refractivity contribution in [2.24, 2.45) is 11.3 Å². The summed E-state index contributed by atoms with van der Waals surface area (Å²) >= 11 is 0. The number of hydrogen-bond acceptors (Lipinski definition) is 9. The van der Waals surface area contributed by atoms with E-state index >= 15 is 0 Å². The van der Waals surface area contributed by atoms with Gasteiger partial charge < -0.3 is 20.1 Å². The van der Waals surface area contributed by atoms with Crippen LogP contribution in [0.5, 0.6) is 0 Å². The molecule has 254 valence electrons. The monoisotopic (exact) mass is 649 g/mol. The number of aromatic nitrogens is 1. The standard InChI is InChI=1S/C35H47N5O7/c1-20(2)29-30(42)37-27(19-28(41)47-34(4,5)6)31(43)40-17-9-10-25(39-40)32(44)46-21(3)24-14-13-23-12-11-22(18-26(23)36-24)15-16-35(7,8)33(45)38-29/h11-16,18,20-21,25,27,29,39H,9-10,17,19H2,1-8H3,(H,37,42)(H,38,45). The maximum atomic E-state index is 13.9. The molecule has 1 saturated heterocycles. The summed E-state index contributed by atoms with van der Waals surface area (Å²) in [6.45, 7) is 14.1. The second-order valence-electron chi connectivity index (χ2n) is 14.2. The third-order valence-corrected chi connectivity index (χ3v) is 8.10. The number of esters is 2. The number of carbonyl (C=O) groups excluding carboxylic acids is 5. The molecule has 1 fully saturated rings. The molecule has 0 radical (unpaired) electrons. The minimum Gasteiger partial charge on any atom is -0.460 e. The number of nitrogens with zero attached hydrogens (tertiary/aromatic N) is 2. The minimum absolute atomic E-state index is 0.234. The zero-order chi connectivity index (χ0) is 34.7. The van der Waals surface area contributed by atoms with Crippen molar-refractivity contribution in [2.45, 2.75) is 104 Å². The maximum absolute atomic E-state index is 13.9. The first-order chi connectivity index (χ1) is 21.9. The second kappa shape index (κ2) is 14.2. The molecule has 1 aromatic carbocycles. The molecule has 12 nitrogen and oxygen atoms in total. The van der Waals surface area contributed by atoms with Gasteiger partial charge in [0.1, 0.15) is 29.8 Å². The predicted octanol–water partition coefficient (Wildman–Crippen LogP) is 3.75. The summed E-state index contributed by atoms with van der Waals surface area (Å²) < 4.78 is 11.3. The lowest BCUT2D eigenvalue weighted by Crippen LogP contribution is -2.62. The van der Waals surface area contributed by atoms with Gasteiger partial charge in [0.05, 0.1) is 23.0 Å². The van der Waals surface area contributed by atoms with Gasteiger partial charge in [-0.15, -0.1) is 0 Å². The summed E-state index contributed by atoms with van der Waals surface area (Å²) in [5, 5.41) is 7.68. The smallest absolute Gasteiger partial charge is 0.325 e. The van der Waals surface area contributed by atoms with Crippen LogP contribution in [0.1, 0.15) is 92.0 Å². The van der Waals surface area contributed by atoms with E-state index in [9.17, 15) is 24.0 Å². The molecule has 3 N–H and O–H groups in total. The zero-order valence-electron chi connectivity index (χ0n) is 28.5. The van der Waals surface area contributed by atoms with Crippen molar-refractivity contribution in [3.8, 4) is 0 Å². The van der Waals surface area contributed by atoms with Crippen molar-refractivity contribution < 1.29 is 33.4 Å². The van der Waals surface area contributed by atoms with E-state index in [1.807, 2.05) is 30.3 Å². The Morgan fingerprint density at radius 3 is 2.49 bits per heavy atom. The molecule has 3 amide bonds. The van der Waals surface area contributed by atoms with E-state index in [0.717, 1.165) is 10.9 Å². The van der Waals surface area contributed by atoms with Crippen LogP contribution >= 0.6 is 0 Å². The fraction of sp³-hybridized carbons (Fsp3) is 0.543. The van der Waals surface area contributed by atoms with E-state index in [-0.39, 0.29) is 12.5 Å². The van der Waals surface area contributed by atoms with E-state index in [1.54, 1.807) is 67.5 Å². The summed E-state index contributed by atoms with van der Waals surface area (Å²) in [7, 11) is 0. The molecule has 12 heteroatoms. The molecule has 4 rings (SSSR count). The lowest BCUT2D eigenvalue weighted by Gasteiger charge is -2.36. The molecule has 4 atom stereocenters. The van der Waals surface area contributed by atoms with Crippen LogP contribution in [0.4, 0.5) is 0 Å². The van der Waals surface area contributed by atoms with Crippen LogP contribution in [-0.2, 0) is 33.4 Å². The molecule has 1 aromatic heterocycles. The van der Waals surface area contributed by atoms with Gasteiger partial charge in [-0.3, -0.25) is 29.0 Å². The number of hydrogen-bond donors (Lipinski definition) is 3. The van der Waals surface area contributed by atoms with Gasteiger partial charge in [0.25, 0.3) is 5.91 Å². The van der Waals surface area contributed by atoms with Crippen molar-refractivity contribution in [3.05, 3.63) is 47.7 Å². The van der Waals surface area contributed by atoms with E-state index in [1.165, 1.54) is 5.01 Å². The molecule has 4 unspecified atom stereocenters. The molecule has 2 aromatic rings. The summed E-state index contributed by atoms with van der Waals surface area (Å²) in [5.74, 6) is -3.24. The van der Waals surface area contributed by atoms with Gasteiger partial charge in [-0.05, 0) is 78.0 Å². The number of rotatable bonds is 3. The molecular formula is C35H47N5O7. The average molecular weight is 650 g/mol. The summed E-state index contributed by atoms with van der Waals surface area (Å²) in [6.07, 6.45) is 3.33. The van der Waals surface area contributed by atoms with Crippen LogP contribution in [0.3, 0.4) is 0 Å². The normalized spacial score (nSPS) is 24.5. The fourth-order valence-electron chi connectivity index (χ4n) is 5.35. The largest absolute Gasteiger partial charge is 0.460 e. The van der Waals surface area contributed by atoms with Crippen LogP contribution in [-0.4, -0.2) is 69.9 Å². The Morgan fingerprint density at radius 2 is 1.81 bits per heavy atom. The van der Waals surface area contributed by atoms with Gasteiger partial charge in [0, 0.05) is 11.9 Å². The zero-order valence-corrected chi connectivity index (χ0v) is 28.5. The van der Waals surface area contributed by atoms with Crippen LogP contribution in [0.2, 0.25) is 0 Å². The lowest BCUT2D eigenvalue weighted by atomic mass is 9.89.